The summed E-state index contributed by atoms with van der Waals surface area (Å²) in [4.78, 5) is 6.39. The molecule has 4 heterocycles. The first-order valence-electron chi connectivity index (χ1n) is 9.04. The molecule has 2 fully saturated rings. The molecule has 0 amide bonds. The monoisotopic (exact) mass is 426 g/mol. The number of aryl methyl sites for hydroxylation is 1. The van der Waals surface area contributed by atoms with Gasteiger partial charge in [0, 0.05) is 43.4 Å². The third-order valence-electron chi connectivity index (χ3n) is 5.65. The molecule has 0 unspecified atom stereocenters. The van der Waals surface area contributed by atoms with Crippen molar-refractivity contribution < 1.29 is 31.8 Å². The predicted molar refractivity (Wildman–Crippen MR) is 96.0 cm³/mol. The molecule has 2 aromatic heterocycles. The van der Waals surface area contributed by atoms with Gasteiger partial charge >= 0.3 is 6.18 Å². The Morgan fingerprint density at radius 1 is 1.13 bits per heavy atom. The highest BCUT2D eigenvalue weighted by atomic mass is 19.4. The summed E-state index contributed by atoms with van der Waals surface area (Å²) in [6.07, 6.45) is -3.72. The van der Waals surface area contributed by atoms with Crippen molar-refractivity contribution in [2.45, 2.75) is 6.18 Å². The summed E-state index contributed by atoms with van der Waals surface area (Å²) >= 11 is 0. The number of anilines is 1. The standard InChI is InChI=1S/C19H15F5N4O2/c1-27-12-3-13(28-5-18(6-28)7-30-8-18)25-4-10(12)16(26-27)9-2-11(19(22,23)24)15(21)17(29)14(9)20/h2-4,29H,5-8H2,1H3. The van der Waals surface area contributed by atoms with Crippen molar-refractivity contribution in [2.24, 2.45) is 12.5 Å². The molecule has 1 aromatic carbocycles. The number of rotatable bonds is 2. The molecule has 0 radical (unpaired) electrons. The van der Waals surface area contributed by atoms with E-state index in [1.165, 1.54) is 10.9 Å². The van der Waals surface area contributed by atoms with Gasteiger partial charge in [0.25, 0.3) is 0 Å². The molecule has 2 saturated heterocycles. The van der Waals surface area contributed by atoms with Crippen molar-refractivity contribution in [3.05, 3.63) is 35.5 Å². The molecule has 0 aliphatic carbocycles. The zero-order valence-electron chi connectivity index (χ0n) is 15.6. The number of hydrogen-bond acceptors (Lipinski definition) is 5. The van der Waals surface area contributed by atoms with Crippen LogP contribution in [0.4, 0.5) is 27.8 Å². The van der Waals surface area contributed by atoms with Crippen LogP contribution in [0.3, 0.4) is 0 Å². The maximum atomic E-state index is 14.5. The number of hydrogen-bond donors (Lipinski definition) is 1. The van der Waals surface area contributed by atoms with Crippen LogP contribution in [0.25, 0.3) is 22.2 Å². The molecule has 30 heavy (non-hydrogen) atoms. The average molecular weight is 426 g/mol. The Hall–Kier alpha value is -2.95. The number of phenolic OH excluding ortho intramolecular Hbond substituents is 1. The number of phenols is 1. The van der Waals surface area contributed by atoms with Gasteiger partial charge in [-0.05, 0) is 6.07 Å². The molecule has 5 rings (SSSR count). The minimum absolute atomic E-state index is 0.164. The number of halogens is 5. The van der Waals surface area contributed by atoms with Gasteiger partial charge in [-0.25, -0.2) is 13.8 Å². The highest BCUT2D eigenvalue weighted by molar-refractivity contribution is 5.94. The largest absolute Gasteiger partial charge is 0.503 e. The minimum Gasteiger partial charge on any atom is -0.503 e. The third-order valence-corrected chi connectivity index (χ3v) is 5.65. The van der Waals surface area contributed by atoms with Crippen LogP contribution >= 0.6 is 0 Å². The second-order valence-electron chi connectivity index (χ2n) is 7.83. The average Bonchev–Trinajstić information content (AvgIpc) is 2.93. The van der Waals surface area contributed by atoms with E-state index < -0.39 is 34.7 Å². The van der Waals surface area contributed by atoms with Gasteiger partial charge in [0.05, 0.1) is 29.7 Å². The maximum Gasteiger partial charge on any atom is 0.419 e. The second-order valence-corrected chi connectivity index (χ2v) is 7.83. The number of ether oxygens (including phenoxy) is 1. The Kier molecular flexibility index (Phi) is 3.83. The normalized spacial score (nSPS) is 18.0. The van der Waals surface area contributed by atoms with Gasteiger partial charge in [0.1, 0.15) is 11.5 Å². The quantitative estimate of drug-likeness (QED) is 0.636. The number of aromatic nitrogens is 3. The smallest absolute Gasteiger partial charge is 0.419 e. The molecule has 3 aromatic rings. The van der Waals surface area contributed by atoms with E-state index in [2.05, 4.69) is 10.1 Å². The van der Waals surface area contributed by atoms with Gasteiger partial charge in [-0.15, -0.1) is 0 Å². The van der Waals surface area contributed by atoms with Crippen molar-refractivity contribution in [2.75, 3.05) is 31.2 Å². The topological polar surface area (TPSA) is 63.4 Å². The Morgan fingerprint density at radius 3 is 2.43 bits per heavy atom. The Bertz CT molecular complexity index is 1180. The number of alkyl halides is 3. The van der Waals surface area contributed by atoms with Gasteiger partial charge in [-0.3, -0.25) is 4.68 Å². The highest BCUT2D eigenvalue weighted by Crippen LogP contribution is 2.43. The zero-order chi connectivity index (χ0) is 21.4. The molecule has 2 aliphatic heterocycles. The van der Waals surface area contributed by atoms with Crippen LogP contribution in [0, 0.1) is 17.0 Å². The van der Waals surface area contributed by atoms with Crippen LogP contribution in [0.15, 0.2) is 18.3 Å². The molecule has 6 nitrogen and oxygen atoms in total. The molecule has 0 saturated carbocycles. The molecule has 1 N–H and O–H groups in total. The fourth-order valence-corrected chi connectivity index (χ4v) is 4.01. The van der Waals surface area contributed by atoms with E-state index in [0.717, 1.165) is 13.1 Å². The summed E-state index contributed by atoms with van der Waals surface area (Å²) in [5.41, 5.74) is -1.92. The fraction of sp³-hybridized carbons (Fsp3) is 0.368. The van der Waals surface area contributed by atoms with Gasteiger partial charge in [-0.1, -0.05) is 0 Å². The lowest BCUT2D eigenvalue weighted by molar-refractivity contribution is -0.140. The Morgan fingerprint density at radius 2 is 1.83 bits per heavy atom. The van der Waals surface area contributed by atoms with Gasteiger partial charge in [0.2, 0.25) is 0 Å². The first-order valence-corrected chi connectivity index (χ1v) is 9.04. The molecule has 11 heteroatoms. The SMILES string of the molecule is Cn1nc(-c2cc(C(F)(F)F)c(F)c(O)c2F)c2cnc(N3CC4(COC4)C3)cc21. The first kappa shape index (κ1) is 19.0. The summed E-state index contributed by atoms with van der Waals surface area (Å²) in [6.45, 7) is 2.98. The predicted octanol–water partition coefficient (Wildman–Crippen LogP) is 3.47. The number of fused-ring (bicyclic) bond motifs is 1. The summed E-state index contributed by atoms with van der Waals surface area (Å²) < 4.78 is 74.3. The molecule has 0 atom stereocenters. The van der Waals surface area contributed by atoms with Crippen molar-refractivity contribution in [1.29, 1.82) is 0 Å². The lowest BCUT2D eigenvalue weighted by Gasteiger charge is -2.55. The van der Waals surface area contributed by atoms with E-state index in [0.29, 0.717) is 30.6 Å². The highest BCUT2D eigenvalue weighted by Gasteiger charge is 2.49. The summed E-state index contributed by atoms with van der Waals surface area (Å²) in [6, 6.07) is 2.03. The van der Waals surface area contributed by atoms with E-state index >= 15 is 0 Å². The number of pyridine rings is 1. The van der Waals surface area contributed by atoms with Crippen LogP contribution in [0.5, 0.6) is 5.75 Å². The minimum atomic E-state index is -5.11. The maximum absolute atomic E-state index is 14.5. The summed E-state index contributed by atoms with van der Waals surface area (Å²) in [5, 5.41) is 14.0. The molecule has 2 aliphatic rings. The summed E-state index contributed by atoms with van der Waals surface area (Å²) in [5.74, 6) is -4.61. The lowest BCUT2D eigenvalue weighted by Crippen LogP contribution is -2.66. The van der Waals surface area contributed by atoms with E-state index in [1.54, 1.807) is 13.1 Å². The van der Waals surface area contributed by atoms with Crippen LogP contribution in [-0.4, -0.2) is 46.2 Å². The van der Waals surface area contributed by atoms with E-state index in [9.17, 15) is 27.1 Å². The number of aromatic hydroxyl groups is 1. The third kappa shape index (κ3) is 2.64. The molecule has 0 bridgehead atoms. The lowest BCUT2D eigenvalue weighted by atomic mass is 9.78. The number of benzene rings is 1. The van der Waals surface area contributed by atoms with Gasteiger partial charge in [-0.2, -0.15) is 18.3 Å². The van der Waals surface area contributed by atoms with Crippen molar-refractivity contribution in [1.82, 2.24) is 14.8 Å². The Labute approximate surface area is 166 Å². The summed E-state index contributed by atoms with van der Waals surface area (Å²) in [7, 11) is 1.55. The van der Waals surface area contributed by atoms with Crippen molar-refractivity contribution in [3.63, 3.8) is 0 Å². The second kappa shape index (κ2) is 6.03. The van der Waals surface area contributed by atoms with Gasteiger partial charge in [0.15, 0.2) is 17.4 Å². The number of nitrogens with zero attached hydrogens (tertiary/aromatic N) is 4. The van der Waals surface area contributed by atoms with E-state index in [1.807, 2.05) is 4.90 Å². The van der Waals surface area contributed by atoms with E-state index in [-0.39, 0.29) is 16.5 Å². The van der Waals surface area contributed by atoms with Crippen molar-refractivity contribution in [3.8, 4) is 17.0 Å². The first-order chi connectivity index (χ1) is 14.1. The van der Waals surface area contributed by atoms with E-state index in [4.69, 9.17) is 4.74 Å². The van der Waals surface area contributed by atoms with Crippen LogP contribution in [0.1, 0.15) is 5.56 Å². The molecule has 158 valence electrons. The Balaban J connectivity index is 1.60. The molecular weight excluding hydrogens is 411 g/mol. The zero-order valence-corrected chi connectivity index (χ0v) is 15.6. The van der Waals surface area contributed by atoms with Gasteiger partial charge < -0.3 is 14.7 Å². The van der Waals surface area contributed by atoms with Crippen molar-refractivity contribution >= 4 is 16.7 Å². The molecule has 1 spiro atoms. The fourth-order valence-electron chi connectivity index (χ4n) is 4.01. The van der Waals surface area contributed by atoms with Crippen LogP contribution < -0.4 is 4.90 Å². The van der Waals surface area contributed by atoms with Crippen LogP contribution in [0.2, 0.25) is 0 Å². The molecular formula is C19H15F5N4O2. The van der Waals surface area contributed by atoms with Crippen LogP contribution in [-0.2, 0) is 18.0 Å².